The zero-order chi connectivity index (χ0) is 44.2. The van der Waals surface area contributed by atoms with E-state index in [1.165, 1.54) is 47.8 Å². The molecular weight excluding hydrogens is 831 g/mol. The lowest BCUT2D eigenvalue weighted by Gasteiger charge is -2.56. The van der Waals surface area contributed by atoms with Crippen molar-refractivity contribution in [1.82, 2.24) is 19.6 Å². The molecule has 2 aromatic heterocycles. The van der Waals surface area contributed by atoms with Crippen molar-refractivity contribution < 1.29 is 27.5 Å². The molecule has 2 amide bonds. The number of piperidine rings is 1. The molecule has 4 aliphatic heterocycles. The van der Waals surface area contributed by atoms with Crippen LogP contribution >= 0.6 is 0 Å². The number of likely N-dealkylation sites (tertiary alicyclic amines) is 1. The SMILES string of the molecule is CC(C)c1ccccc1[C@@H]1CCCN1C1CC2(CCN(c3ccc(C(=O)NS(=O)(=O)c4cc5c(c(N=O)c4)N(CC4CCOCC4)C(=O)C5)c(Oc4cnc5[nH]ccc5c4)c3)CC2)C1. The van der Waals surface area contributed by atoms with Crippen molar-refractivity contribution in [2.24, 2.45) is 16.5 Å². The van der Waals surface area contributed by atoms with Crippen LogP contribution in [0.2, 0.25) is 0 Å². The summed E-state index contributed by atoms with van der Waals surface area (Å²) in [6.07, 6.45) is 11.8. The minimum absolute atomic E-state index is 0.00345. The largest absolute Gasteiger partial charge is 0.455 e. The van der Waals surface area contributed by atoms with Gasteiger partial charge < -0.3 is 24.3 Å². The first-order chi connectivity index (χ1) is 31.0. The highest BCUT2D eigenvalue weighted by atomic mass is 32.2. The number of amides is 2. The van der Waals surface area contributed by atoms with Crippen molar-refractivity contribution in [1.29, 1.82) is 0 Å². The molecule has 2 N–H and O–H groups in total. The van der Waals surface area contributed by atoms with E-state index in [2.05, 4.69) is 67.8 Å². The van der Waals surface area contributed by atoms with Gasteiger partial charge in [0.05, 0.1) is 28.8 Å². The number of hydrogen-bond donors (Lipinski definition) is 2. The number of nitroso groups, excluding NO2 is 1. The van der Waals surface area contributed by atoms with Gasteiger partial charge in [-0.2, -0.15) is 0 Å². The minimum Gasteiger partial charge on any atom is -0.455 e. The van der Waals surface area contributed by atoms with Crippen molar-refractivity contribution in [2.75, 3.05) is 49.2 Å². The Labute approximate surface area is 373 Å². The number of aromatic amines is 1. The van der Waals surface area contributed by atoms with Crippen LogP contribution in [0.15, 0.2) is 89.2 Å². The number of H-pyrrole nitrogens is 1. The summed E-state index contributed by atoms with van der Waals surface area (Å²) in [7, 11) is -4.54. The predicted molar refractivity (Wildman–Crippen MR) is 245 cm³/mol. The lowest BCUT2D eigenvalue weighted by atomic mass is 9.59. The Kier molecular flexibility index (Phi) is 11.3. The lowest BCUT2D eigenvalue weighted by molar-refractivity contribution is -0.117. The fourth-order valence-electron chi connectivity index (χ4n) is 11.1. The fourth-order valence-corrected chi connectivity index (χ4v) is 12.2. The van der Waals surface area contributed by atoms with Gasteiger partial charge in [0.1, 0.15) is 22.8 Å². The Morgan fingerprint density at radius 2 is 1.81 bits per heavy atom. The molecule has 3 aromatic carbocycles. The number of ether oxygens (including phenoxy) is 2. The summed E-state index contributed by atoms with van der Waals surface area (Å²) in [5.74, 6) is 0.0843. The number of aromatic nitrogens is 2. The second-order valence-electron chi connectivity index (χ2n) is 18.8. The van der Waals surface area contributed by atoms with Gasteiger partial charge >= 0.3 is 0 Å². The molecule has 5 aromatic rings. The first-order valence-corrected chi connectivity index (χ1v) is 24.3. The first kappa shape index (κ1) is 42.3. The normalized spacial score (nSPS) is 20.5. The topological polar surface area (TPSA) is 167 Å². The third-order valence-electron chi connectivity index (χ3n) is 14.6. The smallest absolute Gasteiger partial charge is 0.268 e. The van der Waals surface area contributed by atoms with E-state index in [-0.39, 0.29) is 40.1 Å². The molecule has 5 aliphatic rings. The average molecular weight is 886 g/mol. The second-order valence-corrected chi connectivity index (χ2v) is 20.5. The first-order valence-electron chi connectivity index (χ1n) is 22.8. The van der Waals surface area contributed by atoms with Gasteiger partial charge in [-0.25, -0.2) is 18.1 Å². The monoisotopic (exact) mass is 885 g/mol. The number of carbonyl (C=O) groups is 2. The van der Waals surface area contributed by atoms with Crippen LogP contribution in [0.3, 0.4) is 0 Å². The van der Waals surface area contributed by atoms with E-state index in [0.29, 0.717) is 65.8 Å². The van der Waals surface area contributed by atoms with Gasteiger partial charge in [0.2, 0.25) is 5.91 Å². The highest BCUT2D eigenvalue weighted by Crippen LogP contribution is 2.54. The van der Waals surface area contributed by atoms with E-state index < -0.39 is 15.9 Å². The van der Waals surface area contributed by atoms with E-state index in [0.717, 1.165) is 62.5 Å². The Morgan fingerprint density at radius 1 is 1.02 bits per heavy atom. The van der Waals surface area contributed by atoms with Gasteiger partial charge in [0, 0.05) is 68.3 Å². The maximum atomic E-state index is 14.1. The maximum absolute atomic E-state index is 14.1. The summed E-state index contributed by atoms with van der Waals surface area (Å²) < 4.78 is 41.9. The van der Waals surface area contributed by atoms with Crippen LogP contribution in [0, 0.1) is 16.2 Å². The highest BCUT2D eigenvalue weighted by molar-refractivity contribution is 7.90. The van der Waals surface area contributed by atoms with E-state index in [1.54, 1.807) is 30.6 Å². The van der Waals surface area contributed by atoms with Gasteiger partial charge in [-0.05, 0) is 133 Å². The third-order valence-corrected chi connectivity index (χ3v) is 15.9. The Morgan fingerprint density at radius 3 is 2.59 bits per heavy atom. The number of pyridine rings is 1. The quantitative estimate of drug-likeness (QED) is 0.116. The van der Waals surface area contributed by atoms with Crippen LogP contribution in [0.1, 0.15) is 104 Å². The van der Waals surface area contributed by atoms with E-state index in [1.807, 2.05) is 12.1 Å². The summed E-state index contributed by atoms with van der Waals surface area (Å²) in [6.45, 7) is 9.01. The summed E-state index contributed by atoms with van der Waals surface area (Å²) in [6, 6.07) is 21.5. The molecule has 0 radical (unpaired) electrons. The van der Waals surface area contributed by atoms with Crippen LogP contribution in [-0.4, -0.2) is 80.5 Å². The Balaban J connectivity index is 0.860. The maximum Gasteiger partial charge on any atom is 0.268 e. The summed E-state index contributed by atoms with van der Waals surface area (Å²) in [5, 5.41) is 3.96. The van der Waals surface area contributed by atoms with E-state index >= 15 is 0 Å². The highest BCUT2D eigenvalue weighted by Gasteiger charge is 2.50. The molecule has 0 unspecified atom stereocenters. The minimum atomic E-state index is -4.54. The van der Waals surface area contributed by atoms with Gasteiger partial charge in [0.25, 0.3) is 15.9 Å². The standard InChI is InChI=1S/C49H55N7O7S/c1-31(2)39-6-3-4-7-40(39)43-8-5-17-55(43)36-27-49(28-36)14-18-54(19-15-49)35-9-10-41(44(25-35)63-37-22-33-11-16-50-47(33)51-29-37)48(58)53-64(60,61)38-23-34-24-45(57)56(46(34)42(26-38)52-59)30-32-12-20-62-21-13-32/h3-4,6-7,9-11,16,22-23,25-26,29,31-32,36,43H,5,8,12-15,17-21,24,27-28,30H2,1-2H3,(H,50,51)(H,53,58)/t43-/m0/s1. The molecule has 1 aliphatic carbocycles. The molecule has 4 fully saturated rings. The Hall–Kier alpha value is -5.64. The van der Waals surface area contributed by atoms with Gasteiger partial charge in [-0.3, -0.25) is 14.5 Å². The molecule has 1 atom stereocenters. The molecular formula is C49H55N7O7S. The van der Waals surface area contributed by atoms with Crippen LogP contribution in [0.25, 0.3) is 11.0 Å². The van der Waals surface area contributed by atoms with Crippen molar-refractivity contribution in [3.63, 3.8) is 0 Å². The number of anilines is 2. The third kappa shape index (κ3) is 8.06. The van der Waals surface area contributed by atoms with Gasteiger partial charge in [-0.15, -0.1) is 4.91 Å². The number of hydrogen-bond acceptors (Lipinski definition) is 11. The van der Waals surface area contributed by atoms with Gasteiger partial charge in [-0.1, -0.05) is 38.1 Å². The van der Waals surface area contributed by atoms with Crippen molar-refractivity contribution in [3.05, 3.63) is 106 Å². The van der Waals surface area contributed by atoms with Gasteiger partial charge in [0.15, 0.2) is 0 Å². The van der Waals surface area contributed by atoms with Crippen LogP contribution in [-0.2, 0) is 26.0 Å². The van der Waals surface area contributed by atoms with Crippen molar-refractivity contribution >= 4 is 49.9 Å². The number of nitrogens with zero attached hydrogens (tertiary/aromatic N) is 5. The Bertz CT molecular complexity index is 2710. The van der Waals surface area contributed by atoms with Crippen LogP contribution in [0.5, 0.6) is 11.5 Å². The van der Waals surface area contributed by atoms with E-state index in [4.69, 9.17) is 9.47 Å². The van der Waals surface area contributed by atoms with E-state index in [9.17, 15) is 22.9 Å². The number of carbonyl (C=O) groups excluding carboxylic acids is 2. The molecule has 334 valence electrons. The number of benzene rings is 3. The summed E-state index contributed by atoms with van der Waals surface area (Å²) in [4.78, 5) is 53.3. The van der Waals surface area contributed by atoms with Crippen LogP contribution < -0.4 is 19.3 Å². The molecule has 6 heterocycles. The average Bonchev–Trinajstić information content (AvgIpc) is 4.04. The summed E-state index contributed by atoms with van der Waals surface area (Å²) >= 11 is 0. The van der Waals surface area contributed by atoms with Crippen molar-refractivity contribution in [3.8, 4) is 11.5 Å². The number of nitrogens with one attached hydrogen (secondary N) is 2. The number of fused-ring (bicyclic) bond motifs is 2. The molecule has 10 rings (SSSR count). The number of sulfonamides is 1. The predicted octanol–water partition coefficient (Wildman–Crippen LogP) is 8.90. The second kappa shape index (κ2) is 17.1. The molecule has 15 heteroatoms. The number of rotatable bonds is 12. The molecule has 14 nitrogen and oxygen atoms in total. The molecule has 1 saturated carbocycles. The zero-order valence-corrected chi connectivity index (χ0v) is 37.2. The fraction of sp³-hybridized carbons (Fsp3) is 0.449. The molecule has 3 saturated heterocycles. The molecule has 1 spiro atoms. The molecule has 0 bridgehead atoms. The lowest BCUT2D eigenvalue weighted by Crippen LogP contribution is -2.54. The summed E-state index contributed by atoms with van der Waals surface area (Å²) in [5.41, 5.74) is 5.35. The van der Waals surface area contributed by atoms with Crippen LogP contribution in [0.4, 0.5) is 17.1 Å². The molecule has 64 heavy (non-hydrogen) atoms. The zero-order valence-electron chi connectivity index (χ0n) is 36.4. The van der Waals surface area contributed by atoms with Crippen molar-refractivity contribution in [2.45, 2.75) is 94.5 Å².